The molecule has 1 nitrogen and oxygen atoms in total. The molecule has 2 aromatic heterocycles. The smallest absolute Gasteiger partial charge is 0.0468 e. The summed E-state index contributed by atoms with van der Waals surface area (Å²) in [6.45, 7) is 0. The molecule has 0 bridgehead atoms. The maximum absolute atomic E-state index is 2.44. The largest absolute Gasteiger partial charge is 0.310 e. The average Bonchev–Trinajstić information content (AvgIpc) is 3.88. The van der Waals surface area contributed by atoms with E-state index in [2.05, 4.69) is 217 Å². The van der Waals surface area contributed by atoms with E-state index in [1.807, 2.05) is 22.7 Å². The van der Waals surface area contributed by atoms with Gasteiger partial charge in [0.1, 0.15) is 0 Å². The summed E-state index contributed by atoms with van der Waals surface area (Å²) < 4.78 is 5.23. The minimum atomic E-state index is 1.11. The number of nitrogens with zero attached hydrogens (tertiary/aromatic N) is 1. The molecule has 10 aromatic carbocycles. The van der Waals surface area contributed by atoms with Gasteiger partial charge >= 0.3 is 0 Å². The van der Waals surface area contributed by atoms with Gasteiger partial charge < -0.3 is 4.90 Å². The van der Waals surface area contributed by atoms with Gasteiger partial charge in [0.05, 0.1) is 0 Å². The van der Waals surface area contributed by atoms with Crippen LogP contribution in [0.2, 0.25) is 0 Å². The third-order valence-electron chi connectivity index (χ3n) is 11.9. The molecule has 0 saturated heterocycles. The molecule has 0 spiro atoms. The first-order valence-electron chi connectivity index (χ1n) is 20.1. The van der Waals surface area contributed by atoms with E-state index < -0.39 is 0 Å². The van der Waals surface area contributed by atoms with E-state index in [0.717, 1.165) is 17.1 Å². The highest BCUT2D eigenvalue weighted by molar-refractivity contribution is 7.26. The van der Waals surface area contributed by atoms with E-state index in [9.17, 15) is 0 Å². The van der Waals surface area contributed by atoms with Crippen molar-refractivity contribution in [1.29, 1.82) is 0 Å². The van der Waals surface area contributed by atoms with Gasteiger partial charge in [0, 0.05) is 63.0 Å². The van der Waals surface area contributed by atoms with Gasteiger partial charge in [-0.1, -0.05) is 152 Å². The fraction of sp³-hybridized carbons (Fsp3) is 0. The number of anilines is 3. The van der Waals surface area contributed by atoms with Crippen LogP contribution in [0.25, 0.3) is 95.3 Å². The van der Waals surface area contributed by atoms with Crippen LogP contribution < -0.4 is 4.90 Å². The van der Waals surface area contributed by atoms with Gasteiger partial charge in [-0.05, 0) is 110 Å². The van der Waals surface area contributed by atoms with Crippen molar-refractivity contribution >= 4 is 102 Å². The summed E-state index contributed by atoms with van der Waals surface area (Å²) >= 11 is 3.75. The second kappa shape index (κ2) is 13.8. The lowest BCUT2D eigenvalue weighted by Crippen LogP contribution is -2.10. The summed E-state index contributed by atoms with van der Waals surface area (Å²) in [5.41, 5.74) is 10.7. The minimum absolute atomic E-state index is 1.11. The zero-order valence-electron chi connectivity index (χ0n) is 32.0. The van der Waals surface area contributed by atoms with Crippen LogP contribution in [0, 0.1) is 0 Å². The third kappa shape index (κ3) is 5.66. The van der Waals surface area contributed by atoms with E-state index in [0.29, 0.717) is 0 Å². The molecule has 0 N–H and O–H groups in total. The van der Waals surface area contributed by atoms with E-state index in [1.165, 1.54) is 95.3 Å². The monoisotopic (exact) mass is 785 g/mol. The minimum Gasteiger partial charge on any atom is -0.310 e. The molecular formula is C56H35NS2. The lowest BCUT2D eigenvalue weighted by Gasteiger charge is -2.27. The van der Waals surface area contributed by atoms with Crippen molar-refractivity contribution in [3.05, 3.63) is 212 Å². The lowest BCUT2D eigenvalue weighted by atomic mass is 9.92. The number of benzene rings is 10. The van der Waals surface area contributed by atoms with Gasteiger partial charge in [-0.15, -0.1) is 22.7 Å². The summed E-state index contributed by atoms with van der Waals surface area (Å²) in [5, 5.41) is 10.3. The molecule has 0 fully saturated rings. The van der Waals surface area contributed by atoms with Crippen LogP contribution in [0.15, 0.2) is 212 Å². The molecule has 0 unspecified atom stereocenters. The Labute approximate surface area is 350 Å². The first-order valence-corrected chi connectivity index (χ1v) is 21.7. The highest BCUT2D eigenvalue weighted by Crippen LogP contribution is 2.47. The van der Waals surface area contributed by atoms with Crippen LogP contribution in [0.1, 0.15) is 0 Å². The Hall–Kier alpha value is -7.04. The van der Waals surface area contributed by atoms with E-state index in [-0.39, 0.29) is 0 Å². The fourth-order valence-electron chi connectivity index (χ4n) is 9.11. The zero-order chi connectivity index (χ0) is 38.9. The van der Waals surface area contributed by atoms with Gasteiger partial charge in [-0.2, -0.15) is 0 Å². The number of thiophene rings is 2. The Balaban J connectivity index is 1.08. The van der Waals surface area contributed by atoms with Gasteiger partial charge in [0.2, 0.25) is 0 Å². The van der Waals surface area contributed by atoms with Crippen LogP contribution in [-0.2, 0) is 0 Å². The summed E-state index contributed by atoms with van der Waals surface area (Å²) in [7, 11) is 0. The van der Waals surface area contributed by atoms with Crippen molar-refractivity contribution in [2.24, 2.45) is 0 Å². The predicted octanol–water partition coefficient (Wildman–Crippen LogP) is 17.2. The lowest BCUT2D eigenvalue weighted by molar-refractivity contribution is 1.29. The van der Waals surface area contributed by atoms with Crippen LogP contribution in [-0.4, -0.2) is 0 Å². The van der Waals surface area contributed by atoms with Crippen LogP contribution in [0.5, 0.6) is 0 Å². The predicted molar refractivity (Wildman–Crippen MR) is 258 cm³/mol. The van der Waals surface area contributed by atoms with Gasteiger partial charge in [-0.25, -0.2) is 0 Å². The SMILES string of the molecule is c1ccc(-c2ccc(N(c3ccc(-c4cc5ccccc5c5ccccc45)cc3)c3ccc4sc5ccccc5c4c3)cc2-c2cccc3c2sc2ccccc23)cc1. The quantitative estimate of drug-likeness (QED) is 0.152. The molecule has 0 atom stereocenters. The average molecular weight is 786 g/mol. The van der Waals surface area contributed by atoms with Crippen LogP contribution in [0.4, 0.5) is 17.1 Å². The third-order valence-corrected chi connectivity index (χ3v) is 14.2. The van der Waals surface area contributed by atoms with Gasteiger partial charge in [-0.3, -0.25) is 0 Å². The molecule has 59 heavy (non-hydrogen) atoms. The van der Waals surface area contributed by atoms with Crippen molar-refractivity contribution in [2.45, 2.75) is 0 Å². The molecule has 0 aliphatic heterocycles. The Bertz CT molecular complexity index is 3560. The van der Waals surface area contributed by atoms with Crippen molar-refractivity contribution in [2.75, 3.05) is 4.90 Å². The van der Waals surface area contributed by atoms with E-state index in [4.69, 9.17) is 0 Å². The van der Waals surface area contributed by atoms with Crippen LogP contribution in [0.3, 0.4) is 0 Å². The molecular weight excluding hydrogens is 751 g/mol. The molecule has 2 heterocycles. The molecule has 12 rings (SSSR count). The Morgan fingerprint density at radius 2 is 0.847 bits per heavy atom. The summed E-state index contributed by atoms with van der Waals surface area (Å²) in [4.78, 5) is 2.44. The summed E-state index contributed by atoms with van der Waals surface area (Å²) in [6, 6.07) is 78.3. The molecule has 0 saturated carbocycles. The highest BCUT2D eigenvalue weighted by atomic mass is 32.1. The maximum Gasteiger partial charge on any atom is 0.0468 e. The molecule has 276 valence electrons. The second-order valence-corrected chi connectivity index (χ2v) is 17.4. The van der Waals surface area contributed by atoms with Gasteiger partial charge in [0.15, 0.2) is 0 Å². The van der Waals surface area contributed by atoms with Crippen molar-refractivity contribution in [3.63, 3.8) is 0 Å². The van der Waals surface area contributed by atoms with Crippen molar-refractivity contribution in [3.8, 4) is 33.4 Å². The van der Waals surface area contributed by atoms with Crippen LogP contribution >= 0.6 is 22.7 Å². The maximum atomic E-state index is 2.44. The van der Waals surface area contributed by atoms with Crippen molar-refractivity contribution < 1.29 is 0 Å². The number of hydrogen-bond donors (Lipinski definition) is 0. The first kappa shape index (κ1) is 34.0. The van der Waals surface area contributed by atoms with Gasteiger partial charge in [0.25, 0.3) is 0 Å². The Kier molecular flexibility index (Phi) is 7.97. The normalized spacial score (nSPS) is 11.7. The van der Waals surface area contributed by atoms with E-state index >= 15 is 0 Å². The molecule has 0 aliphatic rings. The molecule has 12 aromatic rings. The van der Waals surface area contributed by atoms with Crippen molar-refractivity contribution in [1.82, 2.24) is 0 Å². The summed E-state index contributed by atoms with van der Waals surface area (Å²) in [5.74, 6) is 0. The molecule has 0 radical (unpaired) electrons. The Morgan fingerprint density at radius 3 is 1.66 bits per heavy atom. The second-order valence-electron chi connectivity index (χ2n) is 15.2. The Morgan fingerprint density at radius 1 is 0.271 bits per heavy atom. The standard InChI is InChI=1S/C56H35NS2/c1-2-13-36(14-3-1)43-31-29-40(34-51(43)49-22-12-21-48-46-19-8-11-24-54(46)59-56(48)49)57(41-30-32-55-52(35-41)47-20-9-10-23-53(47)58-55)39-27-25-37(26-28-39)50-33-38-15-4-5-16-42(38)44-17-6-7-18-45(44)50/h1-35H. The molecule has 0 aliphatic carbocycles. The number of rotatable bonds is 6. The van der Waals surface area contributed by atoms with E-state index in [1.54, 1.807) is 0 Å². The zero-order valence-corrected chi connectivity index (χ0v) is 33.6. The number of fused-ring (bicyclic) bond motifs is 9. The molecule has 0 amide bonds. The number of hydrogen-bond acceptors (Lipinski definition) is 3. The summed E-state index contributed by atoms with van der Waals surface area (Å²) in [6.07, 6.45) is 0. The fourth-order valence-corrected chi connectivity index (χ4v) is 11.4. The molecule has 3 heteroatoms. The first-order chi connectivity index (χ1) is 29.2. The highest BCUT2D eigenvalue weighted by Gasteiger charge is 2.20. The topological polar surface area (TPSA) is 3.24 Å².